The van der Waals surface area contributed by atoms with Crippen molar-refractivity contribution >= 4 is 16.9 Å². The van der Waals surface area contributed by atoms with Gasteiger partial charge >= 0.3 is 0 Å². The fraction of sp³-hybridized carbons (Fsp3) is 0.438. The Morgan fingerprint density at radius 1 is 1.35 bits per heavy atom. The molecule has 4 N–H and O–H groups in total. The molecule has 1 aromatic carbocycles. The molecule has 4 nitrogen and oxygen atoms in total. The van der Waals surface area contributed by atoms with Crippen molar-refractivity contribution in [1.29, 1.82) is 0 Å². The van der Waals surface area contributed by atoms with Crippen LogP contribution in [0.4, 0.5) is 0 Å². The molecule has 3 rings (SSSR count). The molecule has 4 heteroatoms. The summed E-state index contributed by atoms with van der Waals surface area (Å²) < 4.78 is 0. The van der Waals surface area contributed by atoms with Crippen LogP contribution in [0.25, 0.3) is 10.9 Å². The van der Waals surface area contributed by atoms with Crippen molar-refractivity contribution in [2.24, 2.45) is 16.6 Å². The maximum Gasteiger partial charge on any atom is 0.188 e. The third-order valence-corrected chi connectivity index (χ3v) is 4.12. The molecule has 0 bridgehead atoms. The number of para-hydroxylation sites is 1. The lowest BCUT2D eigenvalue weighted by Crippen LogP contribution is -2.34. The molecule has 1 saturated carbocycles. The van der Waals surface area contributed by atoms with Crippen LogP contribution in [0.5, 0.6) is 0 Å². The van der Waals surface area contributed by atoms with Gasteiger partial charge in [0.05, 0.1) is 0 Å². The Morgan fingerprint density at radius 3 is 3.00 bits per heavy atom. The molecular weight excluding hydrogens is 248 g/mol. The topological polar surface area (TPSA) is 66.2 Å². The number of rotatable bonds is 5. The molecule has 0 amide bonds. The molecular formula is C16H22N4. The molecule has 0 atom stereocenters. The molecule has 1 aliphatic rings. The van der Waals surface area contributed by atoms with E-state index in [0.29, 0.717) is 5.96 Å². The predicted molar refractivity (Wildman–Crippen MR) is 83.8 cm³/mol. The lowest BCUT2D eigenvalue weighted by Gasteiger charge is -2.23. The summed E-state index contributed by atoms with van der Waals surface area (Å²) in [5.74, 6) is 1.35. The quantitative estimate of drug-likeness (QED) is 0.577. The van der Waals surface area contributed by atoms with Crippen LogP contribution in [0.1, 0.15) is 24.8 Å². The van der Waals surface area contributed by atoms with Crippen LogP contribution in [-0.2, 0) is 6.42 Å². The van der Waals surface area contributed by atoms with Gasteiger partial charge in [-0.25, -0.2) is 0 Å². The second-order valence-corrected chi connectivity index (χ2v) is 5.56. The summed E-state index contributed by atoms with van der Waals surface area (Å²) in [4.78, 5) is 7.70. The summed E-state index contributed by atoms with van der Waals surface area (Å²) in [7, 11) is 0. The zero-order valence-electron chi connectivity index (χ0n) is 11.7. The monoisotopic (exact) mass is 270 g/mol. The van der Waals surface area contributed by atoms with Gasteiger partial charge in [0.15, 0.2) is 5.96 Å². The first-order valence-corrected chi connectivity index (χ1v) is 7.42. The number of nitrogens with two attached hydrogens (primary N) is 1. The number of aliphatic imine (C=N–C) groups is 1. The molecule has 1 fully saturated rings. The van der Waals surface area contributed by atoms with E-state index in [9.17, 15) is 0 Å². The Hall–Kier alpha value is -1.97. The van der Waals surface area contributed by atoms with E-state index >= 15 is 0 Å². The molecule has 0 radical (unpaired) electrons. The first-order valence-electron chi connectivity index (χ1n) is 7.42. The van der Waals surface area contributed by atoms with E-state index in [1.807, 2.05) is 6.07 Å². The van der Waals surface area contributed by atoms with Crippen molar-refractivity contribution in [1.82, 2.24) is 10.3 Å². The van der Waals surface area contributed by atoms with Crippen molar-refractivity contribution in [2.45, 2.75) is 25.7 Å². The van der Waals surface area contributed by atoms with E-state index in [0.717, 1.165) is 25.4 Å². The minimum Gasteiger partial charge on any atom is -0.370 e. The van der Waals surface area contributed by atoms with Crippen molar-refractivity contribution < 1.29 is 0 Å². The minimum absolute atomic E-state index is 0.580. The molecule has 0 aliphatic heterocycles. The summed E-state index contributed by atoms with van der Waals surface area (Å²) in [6, 6.07) is 8.36. The smallest absolute Gasteiger partial charge is 0.188 e. The predicted octanol–water partition coefficient (Wildman–Crippen LogP) is 2.41. The van der Waals surface area contributed by atoms with Crippen molar-refractivity contribution in [2.75, 3.05) is 13.1 Å². The number of hydrogen-bond acceptors (Lipinski definition) is 1. The van der Waals surface area contributed by atoms with E-state index in [1.54, 1.807) is 0 Å². The van der Waals surface area contributed by atoms with E-state index in [2.05, 4.69) is 39.7 Å². The van der Waals surface area contributed by atoms with Crippen LogP contribution >= 0.6 is 0 Å². The van der Waals surface area contributed by atoms with Gasteiger partial charge in [0, 0.05) is 30.2 Å². The molecule has 106 valence electrons. The summed E-state index contributed by atoms with van der Waals surface area (Å²) in [6.07, 6.45) is 7.00. The Bertz CT molecular complexity index is 595. The number of aromatic amines is 1. The Kier molecular flexibility index (Phi) is 3.90. The first-order chi connectivity index (χ1) is 9.83. The third kappa shape index (κ3) is 2.95. The van der Waals surface area contributed by atoms with Crippen molar-refractivity contribution in [3.8, 4) is 0 Å². The van der Waals surface area contributed by atoms with Crippen LogP contribution in [0.2, 0.25) is 0 Å². The molecule has 1 aliphatic carbocycles. The Labute approximate surface area is 119 Å². The molecule has 0 unspecified atom stereocenters. The second-order valence-electron chi connectivity index (χ2n) is 5.56. The number of hydrogen-bond donors (Lipinski definition) is 3. The van der Waals surface area contributed by atoms with Crippen LogP contribution in [-0.4, -0.2) is 24.0 Å². The molecule has 1 heterocycles. The Balaban J connectivity index is 1.49. The van der Waals surface area contributed by atoms with Gasteiger partial charge in [-0.3, -0.25) is 4.99 Å². The van der Waals surface area contributed by atoms with Crippen LogP contribution in [0.15, 0.2) is 35.5 Å². The largest absolute Gasteiger partial charge is 0.370 e. The highest BCUT2D eigenvalue weighted by Gasteiger charge is 2.16. The number of nitrogens with one attached hydrogen (secondary N) is 2. The van der Waals surface area contributed by atoms with Gasteiger partial charge in [0.2, 0.25) is 0 Å². The lowest BCUT2D eigenvalue weighted by molar-refractivity contribution is 0.326. The Morgan fingerprint density at radius 2 is 2.20 bits per heavy atom. The fourth-order valence-corrected chi connectivity index (χ4v) is 2.62. The number of nitrogens with zero attached hydrogens (tertiary/aromatic N) is 1. The normalized spacial score (nSPS) is 16.3. The third-order valence-electron chi connectivity index (χ3n) is 4.12. The van der Waals surface area contributed by atoms with E-state index < -0.39 is 0 Å². The molecule has 20 heavy (non-hydrogen) atoms. The number of aromatic nitrogens is 1. The van der Waals surface area contributed by atoms with Crippen molar-refractivity contribution in [3.05, 3.63) is 36.0 Å². The van der Waals surface area contributed by atoms with Crippen LogP contribution in [0, 0.1) is 5.92 Å². The summed E-state index contributed by atoms with van der Waals surface area (Å²) in [6.45, 7) is 1.70. The lowest BCUT2D eigenvalue weighted by atomic mass is 9.86. The van der Waals surface area contributed by atoms with E-state index in [-0.39, 0.29) is 0 Å². The average Bonchev–Trinajstić information content (AvgIpc) is 2.81. The standard InChI is InChI=1S/C16H22N4/c17-16(20-10-12-4-3-5-12)18-9-8-13-11-19-15-7-2-1-6-14(13)15/h1-2,6-7,11-12,19H,3-5,8-10H2,(H3,17,18,20). The molecule has 1 aromatic heterocycles. The van der Waals surface area contributed by atoms with Gasteiger partial charge in [0.1, 0.15) is 0 Å². The highest BCUT2D eigenvalue weighted by atomic mass is 15.1. The highest BCUT2D eigenvalue weighted by Crippen LogP contribution is 2.26. The maximum atomic E-state index is 5.88. The molecule has 0 saturated heterocycles. The van der Waals surface area contributed by atoms with Gasteiger partial charge in [-0.1, -0.05) is 24.6 Å². The number of fused-ring (bicyclic) bond motifs is 1. The number of H-pyrrole nitrogens is 1. The zero-order chi connectivity index (χ0) is 13.8. The maximum absolute atomic E-state index is 5.88. The SMILES string of the molecule is NC(=NCC1CCC1)NCCc1c[nH]c2ccccc12. The fourth-order valence-electron chi connectivity index (χ4n) is 2.62. The first kappa shape index (κ1) is 13.0. The number of benzene rings is 1. The number of guanidine groups is 1. The highest BCUT2D eigenvalue weighted by molar-refractivity contribution is 5.83. The van der Waals surface area contributed by atoms with Gasteiger partial charge in [-0.15, -0.1) is 0 Å². The van der Waals surface area contributed by atoms with Crippen LogP contribution in [0.3, 0.4) is 0 Å². The van der Waals surface area contributed by atoms with Crippen LogP contribution < -0.4 is 11.1 Å². The molecule has 0 spiro atoms. The van der Waals surface area contributed by atoms with E-state index in [1.165, 1.54) is 35.7 Å². The van der Waals surface area contributed by atoms with Gasteiger partial charge in [-0.05, 0) is 36.8 Å². The van der Waals surface area contributed by atoms with Gasteiger partial charge < -0.3 is 16.0 Å². The average molecular weight is 270 g/mol. The zero-order valence-corrected chi connectivity index (χ0v) is 11.7. The van der Waals surface area contributed by atoms with E-state index in [4.69, 9.17) is 5.73 Å². The molecule has 2 aromatic rings. The summed E-state index contributed by atoms with van der Waals surface area (Å²) in [5.41, 5.74) is 8.39. The second kappa shape index (κ2) is 5.99. The van der Waals surface area contributed by atoms with Gasteiger partial charge in [0.25, 0.3) is 0 Å². The van der Waals surface area contributed by atoms with Gasteiger partial charge in [-0.2, -0.15) is 0 Å². The van der Waals surface area contributed by atoms with Crippen molar-refractivity contribution in [3.63, 3.8) is 0 Å². The summed E-state index contributed by atoms with van der Waals surface area (Å²) in [5, 5.41) is 4.49. The minimum atomic E-state index is 0.580. The summed E-state index contributed by atoms with van der Waals surface area (Å²) >= 11 is 0.